The fourth-order valence-electron chi connectivity index (χ4n) is 1.87. The molecule has 6 heteroatoms. The van der Waals surface area contributed by atoms with Crippen LogP contribution in [0.2, 0.25) is 0 Å². The van der Waals surface area contributed by atoms with E-state index < -0.39 is 0 Å². The molecule has 1 aromatic heterocycles. The molecule has 0 atom stereocenters. The van der Waals surface area contributed by atoms with E-state index in [0.717, 1.165) is 10.2 Å². The second-order valence-electron chi connectivity index (χ2n) is 4.26. The molecule has 1 heterocycles. The second-order valence-corrected chi connectivity index (χ2v) is 5.11. The summed E-state index contributed by atoms with van der Waals surface area (Å²) in [5, 5.41) is 2.74. The fourth-order valence-corrected chi connectivity index (χ4v) is 2.09. The Bertz CT molecular complexity index is 652. The lowest BCUT2D eigenvalue weighted by Crippen LogP contribution is -2.15. The first kappa shape index (κ1) is 15.3. The third-order valence-corrected chi connectivity index (χ3v) is 3.76. The topological polar surface area (TPSA) is 60.5 Å². The van der Waals surface area contributed by atoms with Crippen molar-refractivity contribution in [2.75, 3.05) is 19.5 Å². The maximum absolute atomic E-state index is 12.4. The summed E-state index contributed by atoms with van der Waals surface area (Å²) in [7, 11) is 3.02. The molecular formula is C15H15BrN2O3. The van der Waals surface area contributed by atoms with E-state index in [1.54, 1.807) is 24.3 Å². The molecule has 0 spiro atoms. The maximum Gasteiger partial charge on any atom is 0.264 e. The largest absolute Gasteiger partial charge is 0.496 e. The van der Waals surface area contributed by atoms with E-state index in [1.165, 1.54) is 14.2 Å². The van der Waals surface area contributed by atoms with Crippen LogP contribution in [0.5, 0.6) is 11.5 Å². The molecule has 2 aromatic rings. The zero-order valence-electron chi connectivity index (χ0n) is 11.9. The van der Waals surface area contributed by atoms with Gasteiger partial charge in [0.1, 0.15) is 22.9 Å². The zero-order valence-corrected chi connectivity index (χ0v) is 13.5. The summed E-state index contributed by atoms with van der Waals surface area (Å²) in [5.41, 5.74) is 1.13. The van der Waals surface area contributed by atoms with Gasteiger partial charge in [0, 0.05) is 4.47 Å². The highest BCUT2D eigenvalue weighted by atomic mass is 79.9. The number of carbonyl (C=O) groups excluding carboxylic acids is 1. The predicted molar refractivity (Wildman–Crippen MR) is 84.2 cm³/mol. The minimum Gasteiger partial charge on any atom is -0.496 e. The Hall–Kier alpha value is -2.08. The van der Waals surface area contributed by atoms with E-state index >= 15 is 0 Å². The average Bonchev–Trinajstić information content (AvgIpc) is 2.49. The number of pyridine rings is 1. The summed E-state index contributed by atoms with van der Waals surface area (Å²) in [6, 6.07) is 8.72. The normalized spacial score (nSPS) is 10.1. The van der Waals surface area contributed by atoms with Crippen molar-refractivity contribution in [2.45, 2.75) is 6.92 Å². The molecule has 0 saturated carbocycles. The summed E-state index contributed by atoms with van der Waals surface area (Å²) in [5.74, 6) is 1.02. The van der Waals surface area contributed by atoms with Crippen LogP contribution in [-0.2, 0) is 0 Å². The summed E-state index contributed by atoms with van der Waals surface area (Å²) in [4.78, 5) is 16.7. The van der Waals surface area contributed by atoms with Crippen molar-refractivity contribution >= 4 is 27.7 Å². The average molecular weight is 351 g/mol. The highest BCUT2D eigenvalue weighted by Gasteiger charge is 2.18. The number of hydrogen-bond donors (Lipinski definition) is 1. The van der Waals surface area contributed by atoms with Gasteiger partial charge in [0.2, 0.25) is 0 Å². The molecule has 1 N–H and O–H groups in total. The highest BCUT2D eigenvalue weighted by Crippen LogP contribution is 2.29. The smallest absolute Gasteiger partial charge is 0.264 e. The van der Waals surface area contributed by atoms with Gasteiger partial charge in [-0.25, -0.2) is 4.98 Å². The number of nitrogens with one attached hydrogen (secondary N) is 1. The van der Waals surface area contributed by atoms with Crippen LogP contribution < -0.4 is 14.8 Å². The molecule has 0 aliphatic rings. The molecule has 0 saturated heterocycles. The van der Waals surface area contributed by atoms with Gasteiger partial charge < -0.3 is 14.8 Å². The summed E-state index contributed by atoms with van der Waals surface area (Å²) < 4.78 is 11.3. The van der Waals surface area contributed by atoms with Crippen LogP contribution in [0.1, 0.15) is 16.1 Å². The first-order chi connectivity index (χ1) is 10.1. The number of carbonyl (C=O) groups is 1. The first-order valence-corrected chi connectivity index (χ1v) is 7.01. The first-order valence-electron chi connectivity index (χ1n) is 6.22. The van der Waals surface area contributed by atoms with Gasteiger partial charge in [-0.3, -0.25) is 4.79 Å². The number of benzene rings is 1. The Morgan fingerprint density at radius 3 is 2.29 bits per heavy atom. The van der Waals surface area contributed by atoms with Crippen molar-refractivity contribution in [3.05, 3.63) is 46.1 Å². The van der Waals surface area contributed by atoms with E-state index in [0.29, 0.717) is 22.9 Å². The second kappa shape index (κ2) is 6.58. The van der Waals surface area contributed by atoms with Crippen LogP contribution in [0.4, 0.5) is 5.82 Å². The minimum absolute atomic E-state index is 0.335. The number of ether oxygens (including phenoxy) is 2. The van der Waals surface area contributed by atoms with Gasteiger partial charge in [-0.2, -0.15) is 0 Å². The van der Waals surface area contributed by atoms with Gasteiger partial charge in [0.05, 0.1) is 19.9 Å². The third kappa shape index (κ3) is 3.33. The van der Waals surface area contributed by atoms with Crippen molar-refractivity contribution in [1.82, 2.24) is 4.98 Å². The van der Waals surface area contributed by atoms with Gasteiger partial charge >= 0.3 is 0 Å². The van der Waals surface area contributed by atoms with Crippen LogP contribution in [0.25, 0.3) is 0 Å². The van der Waals surface area contributed by atoms with E-state index in [-0.39, 0.29) is 5.91 Å². The fraction of sp³-hybridized carbons (Fsp3) is 0.200. The summed E-state index contributed by atoms with van der Waals surface area (Å²) >= 11 is 3.37. The molecule has 0 bridgehead atoms. The maximum atomic E-state index is 12.4. The quantitative estimate of drug-likeness (QED) is 0.917. The molecule has 0 aliphatic carbocycles. The number of aromatic nitrogens is 1. The molecule has 21 heavy (non-hydrogen) atoms. The van der Waals surface area contributed by atoms with E-state index in [4.69, 9.17) is 9.47 Å². The van der Waals surface area contributed by atoms with Gasteiger partial charge in [-0.1, -0.05) is 6.07 Å². The summed E-state index contributed by atoms with van der Waals surface area (Å²) in [6.45, 7) is 1.85. The molecule has 5 nitrogen and oxygen atoms in total. The molecule has 1 amide bonds. The van der Waals surface area contributed by atoms with E-state index in [2.05, 4.69) is 26.2 Å². The molecule has 110 valence electrons. The Labute approximate surface area is 131 Å². The van der Waals surface area contributed by atoms with Crippen molar-refractivity contribution in [3.63, 3.8) is 0 Å². The van der Waals surface area contributed by atoms with Gasteiger partial charge in [0.15, 0.2) is 0 Å². The zero-order chi connectivity index (χ0) is 15.4. The summed E-state index contributed by atoms with van der Waals surface area (Å²) in [6.07, 6.45) is 0. The third-order valence-electron chi connectivity index (χ3n) is 2.92. The lowest BCUT2D eigenvalue weighted by Gasteiger charge is -2.13. The van der Waals surface area contributed by atoms with Gasteiger partial charge in [-0.15, -0.1) is 0 Å². The van der Waals surface area contributed by atoms with Crippen LogP contribution in [-0.4, -0.2) is 25.1 Å². The molecule has 1 aromatic carbocycles. The number of methoxy groups -OCH3 is 2. The lowest BCUT2D eigenvalue weighted by atomic mass is 10.1. The van der Waals surface area contributed by atoms with Crippen molar-refractivity contribution in [2.24, 2.45) is 0 Å². The molecule has 0 fully saturated rings. The van der Waals surface area contributed by atoms with E-state index in [9.17, 15) is 4.79 Å². The molecule has 0 aliphatic heterocycles. The van der Waals surface area contributed by atoms with Gasteiger partial charge in [-0.05, 0) is 47.1 Å². The molecule has 2 rings (SSSR count). The lowest BCUT2D eigenvalue weighted by molar-refractivity contribution is 0.102. The van der Waals surface area contributed by atoms with Crippen LogP contribution in [0, 0.1) is 6.92 Å². The van der Waals surface area contributed by atoms with E-state index in [1.807, 2.05) is 13.0 Å². The molecule has 0 radical (unpaired) electrons. The monoisotopic (exact) mass is 350 g/mol. The van der Waals surface area contributed by atoms with Crippen molar-refractivity contribution < 1.29 is 14.3 Å². The van der Waals surface area contributed by atoms with Crippen molar-refractivity contribution in [1.29, 1.82) is 0 Å². The number of halogens is 1. The number of aryl methyl sites for hydroxylation is 1. The SMILES string of the molecule is COc1cccc(OC)c1C(=O)Nc1ccc(Br)c(C)n1. The molecular weight excluding hydrogens is 336 g/mol. The highest BCUT2D eigenvalue weighted by molar-refractivity contribution is 9.10. The number of amides is 1. The van der Waals surface area contributed by atoms with Crippen LogP contribution in [0.15, 0.2) is 34.8 Å². The number of hydrogen-bond acceptors (Lipinski definition) is 4. The standard InChI is InChI=1S/C15H15BrN2O3/c1-9-10(16)7-8-13(17-9)18-15(19)14-11(20-2)5-4-6-12(14)21-3/h4-8H,1-3H3,(H,17,18,19). The van der Waals surface area contributed by atoms with Crippen LogP contribution in [0.3, 0.4) is 0 Å². The van der Waals surface area contributed by atoms with Gasteiger partial charge in [0.25, 0.3) is 5.91 Å². The molecule has 0 unspecified atom stereocenters. The minimum atomic E-state index is -0.335. The Morgan fingerprint density at radius 2 is 1.76 bits per heavy atom. The Kier molecular flexibility index (Phi) is 4.80. The van der Waals surface area contributed by atoms with Crippen LogP contribution >= 0.6 is 15.9 Å². The predicted octanol–water partition coefficient (Wildman–Crippen LogP) is 3.42. The number of anilines is 1. The Morgan fingerprint density at radius 1 is 1.14 bits per heavy atom. The van der Waals surface area contributed by atoms with Crippen molar-refractivity contribution in [3.8, 4) is 11.5 Å². The Balaban J connectivity index is 2.34. The number of nitrogens with zero attached hydrogens (tertiary/aromatic N) is 1. The number of rotatable bonds is 4.